The Kier molecular flexibility index (Phi) is 9.72. The molecule has 0 nitrogen and oxygen atoms in total. The molecule has 0 N–H and O–H groups in total. The zero-order chi connectivity index (χ0) is 21.8. The monoisotopic (exact) mass is 557 g/mol. The molecular formula is C31H25Cl2Zr. The maximum Gasteiger partial charge on any atom is -0.00258 e. The van der Waals surface area contributed by atoms with Crippen LogP contribution in [0.2, 0.25) is 0 Å². The molecule has 2 aliphatic rings. The second-order valence-corrected chi connectivity index (χ2v) is 9.63. The summed E-state index contributed by atoms with van der Waals surface area (Å²) in [6.45, 7) is 0. The van der Waals surface area contributed by atoms with Gasteiger partial charge in [-0.2, -0.15) is 0 Å². The molecule has 3 heteroatoms. The standard InChI is InChI=1S/C18H13.C13H12.2ClH.Zr/c1-2-8-13(7-1)18-16-11-5-3-9-14(16)15-10-4-6-12-17(15)18;1-3-7-12(8-4-1)11-13-9-5-2-6-10-13;;;/h1-7,9-11,18H,8H2;1-10H,11H2;2*1H;/q;;;;+2/p-2. The Bertz CT molecular complexity index is 1240. The number of halogens is 2. The average molecular weight is 560 g/mol. The molecular weight excluding hydrogens is 534 g/mol. The normalized spacial score (nSPS) is 14.5. The summed E-state index contributed by atoms with van der Waals surface area (Å²) in [5.74, 6) is 0.483. The van der Waals surface area contributed by atoms with Crippen molar-refractivity contribution >= 4 is 3.27 Å². The molecule has 0 saturated heterocycles. The van der Waals surface area contributed by atoms with Crippen LogP contribution in [-0.2, 0) is 31.1 Å². The van der Waals surface area contributed by atoms with Crippen molar-refractivity contribution in [3.8, 4) is 11.1 Å². The van der Waals surface area contributed by atoms with Crippen LogP contribution in [0, 0.1) is 0 Å². The van der Waals surface area contributed by atoms with E-state index in [-0.39, 0.29) is 24.8 Å². The van der Waals surface area contributed by atoms with Crippen molar-refractivity contribution in [3.63, 3.8) is 0 Å². The van der Waals surface area contributed by atoms with E-state index in [9.17, 15) is 0 Å². The second-order valence-electron chi connectivity index (χ2n) is 8.31. The largest absolute Gasteiger partial charge is 0.0622 e. The molecule has 0 amide bonds. The van der Waals surface area contributed by atoms with Gasteiger partial charge in [0.1, 0.15) is 0 Å². The van der Waals surface area contributed by atoms with Gasteiger partial charge in [-0.1, -0.05) is 60.7 Å². The number of allylic oxidation sites excluding steroid dienone is 4. The minimum absolute atomic E-state index is 0. The van der Waals surface area contributed by atoms with Crippen LogP contribution in [0.25, 0.3) is 11.1 Å². The van der Waals surface area contributed by atoms with Crippen molar-refractivity contribution in [2.24, 2.45) is 0 Å². The fraction of sp³-hybridized carbons (Fsp3) is 0.0968. The first-order valence-electron chi connectivity index (χ1n) is 11.2. The van der Waals surface area contributed by atoms with Crippen LogP contribution in [0.1, 0.15) is 34.6 Å². The maximum absolute atomic E-state index is 2.30. The predicted octanol–water partition coefficient (Wildman–Crippen LogP) is 1.14. The molecule has 0 saturated carbocycles. The van der Waals surface area contributed by atoms with E-state index in [1.165, 1.54) is 55.8 Å². The van der Waals surface area contributed by atoms with Crippen LogP contribution in [0.4, 0.5) is 0 Å². The summed E-state index contributed by atoms with van der Waals surface area (Å²) in [6, 6.07) is 36.7. The molecule has 34 heavy (non-hydrogen) atoms. The fourth-order valence-electron chi connectivity index (χ4n) is 4.75. The molecule has 4 aromatic rings. The van der Waals surface area contributed by atoms with Gasteiger partial charge in [-0.05, 0) is 17.5 Å². The van der Waals surface area contributed by atoms with Crippen LogP contribution in [0.15, 0.2) is 127 Å². The van der Waals surface area contributed by atoms with Gasteiger partial charge in [0.2, 0.25) is 0 Å². The van der Waals surface area contributed by atoms with Gasteiger partial charge in [0.25, 0.3) is 0 Å². The molecule has 0 heterocycles. The number of rotatable bonds is 3. The summed E-state index contributed by atoms with van der Waals surface area (Å²) in [5.41, 5.74) is 10.2. The first-order valence-corrected chi connectivity index (χ1v) is 12.4. The van der Waals surface area contributed by atoms with E-state index < -0.39 is 0 Å². The zero-order valence-corrected chi connectivity index (χ0v) is 22.8. The molecule has 0 radical (unpaired) electrons. The van der Waals surface area contributed by atoms with Gasteiger partial charge in [0.05, 0.1) is 0 Å². The van der Waals surface area contributed by atoms with Crippen LogP contribution in [0.3, 0.4) is 0 Å². The molecule has 0 aliphatic heterocycles. The third-order valence-electron chi connectivity index (χ3n) is 6.22. The van der Waals surface area contributed by atoms with E-state index in [0.29, 0.717) is 5.92 Å². The second kappa shape index (κ2) is 12.5. The van der Waals surface area contributed by atoms with Gasteiger partial charge >= 0.3 is 129 Å². The molecule has 0 aromatic heterocycles. The zero-order valence-electron chi connectivity index (χ0n) is 18.8. The molecule has 0 spiro atoms. The minimum Gasteiger partial charge on any atom is -0.0622 e. The van der Waals surface area contributed by atoms with Crippen molar-refractivity contribution < 1.29 is 49.5 Å². The number of fused-ring (bicyclic) bond motifs is 3. The Morgan fingerprint density at radius 2 is 1.24 bits per heavy atom. The van der Waals surface area contributed by atoms with Crippen molar-refractivity contribution in [3.05, 3.63) is 149 Å². The van der Waals surface area contributed by atoms with E-state index in [2.05, 4.69) is 121 Å². The Morgan fingerprint density at radius 1 is 0.647 bits per heavy atom. The summed E-state index contributed by atoms with van der Waals surface area (Å²) in [4.78, 5) is 0. The molecule has 0 bridgehead atoms. The first kappa shape index (κ1) is 26.4. The van der Waals surface area contributed by atoms with Crippen LogP contribution in [-0.4, -0.2) is 0 Å². The van der Waals surface area contributed by atoms with Crippen LogP contribution in [0.5, 0.6) is 0 Å². The number of hydrogen-bond donors (Lipinski definition) is 0. The van der Waals surface area contributed by atoms with Crippen molar-refractivity contribution in [2.45, 2.75) is 18.8 Å². The third-order valence-corrected chi connectivity index (χ3v) is 7.29. The van der Waals surface area contributed by atoms with E-state index in [1.54, 1.807) is 11.1 Å². The minimum atomic E-state index is 0. The van der Waals surface area contributed by atoms with Crippen LogP contribution >= 0.6 is 0 Å². The van der Waals surface area contributed by atoms with Gasteiger partial charge in [0, 0.05) is 0 Å². The third kappa shape index (κ3) is 5.72. The maximum atomic E-state index is 2.30. The summed E-state index contributed by atoms with van der Waals surface area (Å²) in [5, 5.41) is 0. The topological polar surface area (TPSA) is 0 Å². The van der Waals surface area contributed by atoms with E-state index in [4.69, 9.17) is 0 Å². The Morgan fingerprint density at radius 3 is 1.85 bits per heavy atom. The first-order chi connectivity index (χ1) is 15.8. The smallest absolute Gasteiger partial charge is 0.00258 e. The fourth-order valence-corrected chi connectivity index (χ4v) is 5.67. The van der Waals surface area contributed by atoms with Gasteiger partial charge in [-0.3, -0.25) is 0 Å². The van der Waals surface area contributed by atoms with Gasteiger partial charge in [-0.15, -0.1) is 0 Å². The molecule has 4 aromatic carbocycles. The van der Waals surface area contributed by atoms with Gasteiger partial charge < -0.3 is 24.8 Å². The van der Waals surface area contributed by atoms with Crippen LogP contribution < -0.4 is 28.1 Å². The molecule has 2 aliphatic carbocycles. The number of benzene rings is 4. The Hall–Kier alpha value is -2.18. The predicted molar refractivity (Wildman–Crippen MR) is 131 cm³/mol. The quantitative estimate of drug-likeness (QED) is 0.354. The molecule has 167 valence electrons. The molecule has 1 unspecified atom stereocenters. The number of hydrogen-bond acceptors (Lipinski definition) is 0. The van der Waals surface area contributed by atoms with E-state index in [0.717, 1.165) is 12.8 Å². The van der Waals surface area contributed by atoms with Crippen molar-refractivity contribution in [1.29, 1.82) is 0 Å². The summed E-state index contributed by atoms with van der Waals surface area (Å²) in [7, 11) is 0. The van der Waals surface area contributed by atoms with Gasteiger partial charge in [-0.25, -0.2) is 0 Å². The Balaban J connectivity index is 0.000000192. The van der Waals surface area contributed by atoms with Crippen molar-refractivity contribution in [1.82, 2.24) is 0 Å². The van der Waals surface area contributed by atoms with Crippen molar-refractivity contribution in [2.75, 3.05) is 0 Å². The van der Waals surface area contributed by atoms with E-state index >= 15 is 0 Å². The van der Waals surface area contributed by atoms with E-state index in [1.807, 2.05) is 0 Å². The average Bonchev–Trinajstić information content (AvgIpc) is 3.48. The summed E-state index contributed by atoms with van der Waals surface area (Å²) < 4.78 is 1.50. The molecule has 6 rings (SSSR count). The molecule has 0 fully saturated rings. The molecule has 1 atom stereocenters. The summed E-state index contributed by atoms with van der Waals surface area (Å²) >= 11 is 1.51. The summed E-state index contributed by atoms with van der Waals surface area (Å²) in [6.07, 6.45) is 8.90. The Labute approximate surface area is 230 Å². The van der Waals surface area contributed by atoms with Gasteiger partial charge in [0.15, 0.2) is 0 Å². The SMILES string of the molecule is [Cl-].[Cl-].[Zr+2][c]1cccc2c1C(C1=CC=CC1)c1ccccc1-2.c1ccc(Cc2ccccc2)cc1.